The minimum Gasteiger partial charge on any atom is -0.343 e. The highest BCUT2D eigenvalue weighted by molar-refractivity contribution is 5.73. The predicted molar refractivity (Wildman–Crippen MR) is 56.0 cm³/mol. The summed E-state index contributed by atoms with van der Waals surface area (Å²) in [4.78, 5) is 15.6. The molecule has 80 valence electrons. The molecular formula is C11H20N2O. The van der Waals surface area contributed by atoms with Crippen LogP contribution >= 0.6 is 0 Å². The van der Waals surface area contributed by atoms with E-state index in [1.165, 1.54) is 25.9 Å². The van der Waals surface area contributed by atoms with Crippen LogP contribution in [0.15, 0.2) is 0 Å². The molecule has 0 N–H and O–H groups in total. The first kappa shape index (κ1) is 9.97. The van der Waals surface area contributed by atoms with Gasteiger partial charge in [-0.25, -0.2) is 0 Å². The molecule has 2 saturated heterocycles. The molecule has 3 nitrogen and oxygen atoms in total. The maximum atomic E-state index is 11.3. The fourth-order valence-electron chi connectivity index (χ4n) is 2.73. The van der Waals surface area contributed by atoms with Crippen molar-refractivity contribution in [1.82, 2.24) is 9.80 Å². The number of piperidine rings is 1. The van der Waals surface area contributed by atoms with Gasteiger partial charge in [-0.05, 0) is 31.7 Å². The van der Waals surface area contributed by atoms with E-state index in [9.17, 15) is 4.79 Å². The highest BCUT2D eigenvalue weighted by atomic mass is 16.2. The standard InChI is InChI=1S/C11H20N2O/c1-9(14)13-5-3-4-10(8-13)11-6-12(2)7-11/h10-11H,3-8H2,1-2H3. The molecule has 2 aliphatic heterocycles. The van der Waals surface area contributed by atoms with Gasteiger partial charge < -0.3 is 9.80 Å². The van der Waals surface area contributed by atoms with E-state index < -0.39 is 0 Å². The van der Waals surface area contributed by atoms with Crippen molar-refractivity contribution in [2.24, 2.45) is 11.8 Å². The molecule has 3 heteroatoms. The Bertz CT molecular complexity index is 223. The Morgan fingerprint density at radius 3 is 2.50 bits per heavy atom. The van der Waals surface area contributed by atoms with Crippen LogP contribution in [-0.4, -0.2) is 48.9 Å². The lowest BCUT2D eigenvalue weighted by atomic mass is 9.81. The van der Waals surface area contributed by atoms with Crippen molar-refractivity contribution < 1.29 is 4.79 Å². The second-order valence-electron chi connectivity index (χ2n) is 4.85. The zero-order chi connectivity index (χ0) is 10.1. The summed E-state index contributed by atoms with van der Waals surface area (Å²) < 4.78 is 0. The van der Waals surface area contributed by atoms with Gasteiger partial charge in [-0.15, -0.1) is 0 Å². The topological polar surface area (TPSA) is 23.6 Å². The second-order valence-corrected chi connectivity index (χ2v) is 4.85. The van der Waals surface area contributed by atoms with Crippen LogP contribution in [0.2, 0.25) is 0 Å². The van der Waals surface area contributed by atoms with Crippen molar-refractivity contribution in [2.75, 3.05) is 33.2 Å². The van der Waals surface area contributed by atoms with Crippen molar-refractivity contribution in [3.05, 3.63) is 0 Å². The molecule has 0 saturated carbocycles. The quantitative estimate of drug-likeness (QED) is 0.619. The summed E-state index contributed by atoms with van der Waals surface area (Å²) in [6, 6.07) is 0. The number of nitrogens with zero attached hydrogens (tertiary/aromatic N) is 2. The van der Waals surface area contributed by atoms with E-state index in [0.717, 1.165) is 24.9 Å². The first-order valence-corrected chi connectivity index (χ1v) is 5.61. The highest BCUT2D eigenvalue weighted by Gasteiger charge is 2.34. The van der Waals surface area contributed by atoms with Crippen molar-refractivity contribution in [3.63, 3.8) is 0 Å². The molecule has 1 unspecified atom stereocenters. The molecule has 0 aromatic carbocycles. The number of hydrogen-bond donors (Lipinski definition) is 0. The Hall–Kier alpha value is -0.570. The maximum Gasteiger partial charge on any atom is 0.219 e. The lowest BCUT2D eigenvalue weighted by molar-refractivity contribution is -0.131. The van der Waals surface area contributed by atoms with Gasteiger partial charge in [0, 0.05) is 33.1 Å². The smallest absolute Gasteiger partial charge is 0.219 e. The van der Waals surface area contributed by atoms with Crippen molar-refractivity contribution in [2.45, 2.75) is 19.8 Å². The average molecular weight is 196 g/mol. The zero-order valence-electron chi connectivity index (χ0n) is 9.20. The molecule has 0 spiro atoms. The Kier molecular flexibility index (Phi) is 2.77. The number of carbonyl (C=O) groups is 1. The Morgan fingerprint density at radius 1 is 1.21 bits per heavy atom. The summed E-state index contributed by atoms with van der Waals surface area (Å²) in [6.45, 7) is 6.14. The summed E-state index contributed by atoms with van der Waals surface area (Å²) in [5.41, 5.74) is 0. The lowest BCUT2D eigenvalue weighted by Crippen LogP contribution is -2.52. The van der Waals surface area contributed by atoms with Gasteiger partial charge in [0.1, 0.15) is 0 Å². The fourth-order valence-corrected chi connectivity index (χ4v) is 2.73. The van der Waals surface area contributed by atoms with E-state index in [0.29, 0.717) is 0 Å². The molecular weight excluding hydrogens is 176 g/mol. The van der Waals surface area contributed by atoms with Gasteiger partial charge in [-0.1, -0.05) is 0 Å². The largest absolute Gasteiger partial charge is 0.343 e. The fraction of sp³-hybridized carbons (Fsp3) is 0.909. The third-order valence-corrected chi connectivity index (χ3v) is 3.66. The molecule has 0 aromatic rings. The molecule has 2 heterocycles. The zero-order valence-corrected chi connectivity index (χ0v) is 9.20. The van der Waals surface area contributed by atoms with Gasteiger partial charge in [0.25, 0.3) is 0 Å². The maximum absolute atomic E-state index is 11.3. The molecule has 2 rings (SSSR count). The number of carbonyl (C=O) groups excluding carboxylic acids is 1. The minimum atomic E-state index is 0.252. The molecule has 0 aromatic heterocycles. The van der Waals surface area contributed by atoms with Gasteiger partial charge in [-0.2, -0.15) is 0 Å². The first-order valence-electron chi connectivity index (χ1n) is 5.61. The van der Waals surface area contributed by atoms with E-state index in [1.54, 1.807) is 6.92 Å². The second kappa shape index (κ2) is 3.89. The first-order chi connectivity index (χ1) is 6.66. The molecule has 14 heavy (non-hydrogen) atoms. The molecule has 2 aliphatic rings. The Labute approximate surface area is 86.1 Å². The summed E-state index contributed by atoms with van der Waals surface area (Å²) in [5, 5.41) is 0. The third kappa shape index (κ3) is 1.92. The van der Waals surface area contributed by atoms with E-state index in [1.807, 2.05) is 4.90 Å². The minimum absolute atomic E-state index is 0.252. The van der Waals surface area contributed by atoms with Gasteiger partial charge in [-0.3, -0.25) is 4.79 Å². The van der Waals surface area contributed by atoms with Crippen LogP contribution in [0.1, 0.15) is 19.8 Å². The van der Waals surface area contributed by atoms with Crippen LogP contribution in [0.3, 0.4) is 0 Å². The normalized spacial score (nSPS) is 30.1. The van der Waals surface area contributed by atoms with Crippen LogP contribution in [0, 0.1) is 11.8 Å². The van der Waals surface area contributed by atoms with Gasteiger partial charge in [0.2, 0.25) is 5.91 Å². The van der Waals surface area contributed by atoms with Crippen molar-refractivity contribution in [1.29, 1.82) is 0 Å². The Balaban J connectivity index is 1.85. The van der Waals surface area contributed by atoms with Crippen LogP contribution in [0.25, 0.3) is 0 Å². The summed E-state index contributed by atoms with van der Waals surface area (Å²) in [5.74, 6) is 1.87. The molecule has 2 fully saturated rings. The monoisotopic (exact) mass is 196 g/mol. The molecule has 1 amide bonds. The van der Waals surface area contributed by atoms with E-state index >= 15 is 0 Å². The average Bonchev–Trinajstić information content (AvgIpc) is 2.13. The van der Waals surface area contributed by atoms with Gasteiger partial charge >= 0.3 is 0 Å². The molecule has 0 bridgehead atoms. The third-order valence-electron chi connectivity index (χ3n) is 3.66. The van der Waals surface area contributed by atoms with E-state index in [4.69, 9.17) is 0 Å². The van der Waals surface area contributed by atoms with Crippen LogP contribution in [0.4, 0.5) is 0 Å². The lowest BCUT2D eigenvalue weighted by Gasteiger charge is -2.45. The van der Waals surface area contributed by atoms with Crippen molar-refractivity contribution >= 4 is 5.91 Å². The van der Waals surface area contributed by atoms with Crippen LogP contribution < -0.4 is 0 Å². The van der Waals surface area contributed by atoms with E-state index in [2.05, 4.69) is 11.9 Å². The summed E-state index contributed by atoms with van der Waals surface area (Å²) >= 11 is 0. The number of likely N-dealkylation sites (tertiary alicyclic amines) is 2. The Morgan fingerprint density at radius 2 is 1.93 bits per heavy atom. The molecule has 0 aliphatic carbocycles. The number of amides is 1. The van der Waals surface area contributed by atoms with Gasteiger partial charge in [0.05, 0.1) is 0 Å². The molecule has 1 atom stereocenters. The van der Waals surface area contributed by atoms with Crippen molar-refractivity contribution in [3.8, 4) is 0 Å². The van der Waals surface area contributed by atoms with Crippen LogP contribution in [0.5, 0.6) is 0 Å². The summed E-state index contributed by atoms with van der Waals surface area (Å²) in [7, 11) is 2.17. The van der Waals surface area contributed by atoms with E-state index in [-0.39, 0.29) is 5.91 Å². The number of hydrogen-bond acceptors (Lipinski definition) is 2. The summed E-state index contributed by atoms with van der Waals surface area (Å²) in [6.07, 6.45) is 2.52. The molecule has 0 radical (unpaired) electrons. The predicted octanol–water partition coefficient (Wildman–Crippen LogP) is 0.806. The number of rotatable bonds is 1. The highest BCUT2D eigenvalue weighted by Crippen LogP contribution is 2.29. The van der Waals surface area contributed by atoms with Crippen LogP contribution in [-0.2, 0) is 4.79 Å². The SMILES string of the molecule is CC(=O)N1CCCC(C2CN(C)C2)C1. The van der Waals surface area contributed by atoms with Gasteiger partial charge in [0.15, 0.2) is 0 Å².